The molecule has 0 bridgehead atoms. The zero-order valence-electron chi connectivity index (χ0n) is 28.3. The van der Waals surface area contributed by atoms with Crippen molar-refractivity contribution in [1.29, 1.82) is 0 Å². The van der Waals surface area contributed by atoms with Crippen LogP contribution in [-0.4, -0.2) is 50.0 Å². The summed E-state index contributed by atoms with van der Waals surface area (Å²) < 4.78 is 36.6. The van der Waals surface area contributed by atoms with Gasteiger partial charge >= 0.3 is 11.9 Å². The molecule has 1 aliphatic rings. The van der Waals surface area contributed by atoms with Gasteiger partial charge in [0.25, 0.3) is 5.56 Å². The lowest BCUT2D eigenvalue weighted by molar-refractivity contribution is -0.136. The Bertz CT molecular complexity index is 2090. The molecule has 11 nitrogen and oxygen atoms in total. The van der Waals surface area contributed by atoms with Crippen molar-refractivity contribution in [3.8, 4) is 23.0 Å². The Morgan fingerprint density at radius 1 is 0.860 bits per heavy atom. The van der Waals surface area contributed by atoms with E-state index >= 15 is 0 Å². The summed E-state index contributed by atoms with van der Waals surface area (Å²) >= 11 is 3.40. The largest absolute Gasteiger partial charge is 0.490 e. The van der Waals surface area contributed by atoms with E-state index in [1.165, 1.54) is 29.2 Å². The van der Waals surface area contributed by atoms with Crippen molar-refractivity contribution in [2.45, 2.75) is 40.3 Å². The molecule has 0 saturated carbocycles. The molecule has 13 heteroatoms. The van der Waals surface area contributed by atoms with Crippen molar-refractivity contribution in [3.05, 3.63) is 112 Å². The van der Waals surface area contributed by atoms with Gasteiger partial charge in [0, 0.05) is 6.20 Å². The molecule has 5 rings (SSSR count). The number of hydrogen-bond donors (Lipinski definition) is 0. The minimum atomic E-state index is -0.808. The first-order chi connectivity index (χ1) is 24.2. The fourth-order valence-electron chi connectivity index (χ4n) is 5.32. The van der Waals surface area contributed by atoms with Crippen molar-refractivity contribution in [1.82, 2.24) is 4.57 Å². The van der Waals surface area contributed by atoms with E-state index in [1.54, 1.807) is 37.3 Å². The molecule has 0 fully saturated rings. The van der Waals surface area contributed by atoms with Crippen LogP contribution in [0.2, 0.25) is 0 Å². The van der Waals surface area contributed by atoms with Gasteiger partial charge in [-0.2, -0.15) is 0 Å². The number of nitrogens with zero attached hydrogens (tertiary/aromatic N) is 2. The van der Waals surface area contributed by atoms with Crippen LogP contribution in [0.15, 0.2) is 76.2 Å². The predicted octanol–water partition coefficient (Wildman–Crippen LogP) is 5.57. The first-order valence-corrected chi connectivity index (χ1v) is 18.0. The van der Waals surface area contributed by atoms with Gasteiger partial charge in [-0.25, -0.2) is 14.6 Å². The molecule has 0 aliphatic carbocycles. The lowest BCUT2D eigenvalue weighted by atomic mass is 9.97. The summed E-state index contributed by atoms with van der Waals surface area (Å²) in [6.45, 7) is 9.21. The molecule has 3 aromatic carbocycles. The van der Waals surface area contributed by atoms with Crippen LogP contribution in [0.3, 0.4) is 0 Å². The van der Waals surface area contributed by atoms with Gasteiger partial charge in [-0.15, -0.1) is 0 Å². The minimum absolute atomic E-state index is 0.211. The lowest BCUT2D eigenvalue weighted by Gasteiger charge is -2.23. The Hall–Kier alpha value is -4.63. The van der Waals surface area contributed by atoms with Crippen LogP contribution in [0.5, 0.6) is 23.0 Å². The lowest BCUT2D eigenvalue weighted by Crippen LogP contribution is -2.39. The molecule has 1 aliphatic heterocycles. The topological polar surface area (TPSA) is 124 Å². The van der Waals surface area contributed by atoms with Crippen molar-refractivity contribution in [2.75, 3.05) is 33.5 Å². The van der Waals surface area contributed by atoms with E-state index in [-0.39, 0.29) is 23.7 Å². The fourth-order valence-corrected chi connectivity index (χ4v) is 7.07. The second-order valence-electron chi connectivity index (χ2n) is 10.7. The summed E-state index contributed by atoms with van der Waals surface area (Å²) in [5, 5.41) is 0. The SMILES string of the molecule is CCOC(=O)c1ccc(COc2c(I)cc(/C=c3/sc4n(c3=O)[C@H](c3ccc(OCC)c(OCC)c3)C(C(=O)OC)=CN=4)cc2OCC)cc1. The molecule has 1 atom stereocenters. The van der Waals surface area contributed by atoms with Gasteiger partial charge in [0.05, 0.1) is 58.8 Å². The Balaban J connectivity index is 1.51. The number of thiazole rings is 1. The van der Waals surface area contributed by atoms with Crippen LogP contribution >= 0.6 is 33.9 Å². The number of fused-ring (bicyclic) bond motifs is 1. The molecular weight excluding hydrogens is 775 g/mol. The minimum Gasteiger partial charge on any atom is -0.490 e. The maximum atomic E-state index is 14.1. The number of halogens is 1. The number of carbonyl (C=O) groups is 2. The van der Waals surface area contributed by atoms with E-state index in [2.05, 4.69) is 27.6 Å². The van der Waals surface area contributed by atoms with Crippen molar-refractivity contribution in [2.24, 2.45) is 4.99 Å². The van der Waals surface area contributed by atoms with E-state index in [0.717, 1.165) is 14.7 Å². The van der Waals surface area contributed by atoms with Crippen LogP contribution in [-0.2, 0) is 20.9 Å². The third-order valence-corrected chi connectivity index (χ3v) is 9.28. The Kier molecular flexibility index (Phi) is 12.4. The average Bonchev–Trinajstić information content (AvgIpc) is 3.42. The van der Waals surface area contributed by atoms with Gasteiger partial charge in [-0.05, 0) is 109 Å². The summed E-state index contributed by atoms with van der Waals surface area (Å²) in [7, 11) is 1.29. The highest BCUT2D eigenvalue weighted by Crippen LogP contribution is 2.36. The maximum Gasteiger partial charge on any atom is 0.338 e. The van der Waals surface area contributed by atoms with Crippen molar-refractivity contribution < 1.29 is 38.0 Å². The second kappa shape index (κ2) is 16.9. The molecule has 2 heterocycles. The van der Waals surface area contributed by atoms with Crippen molar-refractivity contribution >= 4 is 51.9 Å². The third kappa shape index (κ3) is 8.05. The smallest absolute Gasteiger partial charge is 0.338 e. The monoisotopic (exact) mass is 812 g/mol. The zero-order valence-corrected chi connectivity index (χ0v) is 31.3. The Labute approximate surface area is 306 Å². The van der Waals surface area contributed by atoms with E-state index in [9.17, 15) is 14.4 Å². The third-order valence-electron chi connectivity index (χ3n) is 7.49. The number of ether oxygens (including phenoxy) is 6. The predicted molar refractivity (Wildman–Crippen MR) is 197 cm³/mol. The molecule has 0 saturated heterocycles. The zero-order chi connectivity index (χ0) is 35.8. The number of rotatable bonds is 14. The van der Waals surface area contributed by atoms with Crippen LogP contribution in [0.4, 0.5) is 0 Å². The van der Waals surface area contributed by atoms with Crippen LogP contribution in [0, 0.1) is 3.57 Å². The molecular formula is C37H37IN2O9S. The first kappa shape index (κ1) is 36.6. The molecule has 1 aromatic heterocycles. The van der Waals surface area contributed by atoms with Gasteiger partial charge in [-0.1, -0.05) is 29.5 Å². The highest BCUT2D eigenvalue weighted by Gasteiger charge is 2.31. The number of benzene rings is 3. The van der Waals surface area contributed by atoms with Gasteiger partial charge < -0.3 is 28.4 Å². The highest BCUT2D eigenvalue weighted by molar-refractivity contribution is 14.1. The molecule has 0 unspecified atom stereocenters. The molecule has 0 N–H and O–H groups in total. The quantitative estimate of drug-likeness (QED) is 0.119. The molecule has 50 heavy (non-hydrogen) atoms. The normalized spacial score (nSPS) is 13.8. The summed E-state index contributed by atoms with van der Waals surface area (Å²) in [5.41, 5.74) is 2.59. The maximum absolute atomic E-state index is 14.1. The molecule has 0 spiro atoms. The summed E-state index contributed by atoms with van der Waals surface area (Å²) in [5.74, 6) is 1.18. The van der Waals surface area contributed by atoms with Crippen LogP contribution < -0.4 is 33.8 Å². The number of aromatic nitrogens is 1. The van der Waals surface area contributed by atoms with Crippen molar-refractivity contribution in [3.63, 3.8) is 0 Å². The number of methoxy groups -OCH3 is 1. The van der Waals surface area contributed by atoms with Crippen LogP contribution in [0.1, 0.15) is 60.8 Å². The van der Waals surface area contributed by atoms with Gasteiger partial charge in [0.1, 0.15) is 6.61 Å². The van der Waals surface area contributed by atoms with Gasteiger partial charge in [0.2, 0.25) is 0 Å². The Morgan fingerprint density at radius 2 is 1.56 bits per heavy atom. The number of hydrogen-bond acceptors (Lipinski definition) is 11. The average molecular weight is 813 g/mol. The van der Waals surface area contributed by atoms with Gasteiger partial charge in [-0.3, -0.25) is 9.36 Å². The number of esters is 2. The Morgan fingerprint density at radius 3 is 2.24 bits per heavy atom. The molecule has 0 radical (unpaired) electrons. The standard InChI is InChI=1S/C37H37IN2O9S/c1-6-45-28-15-14-25(19-29(28)46-7-2)32-26(36(43)44-5)20-39-37-40(32)34(41)31(50-37)18-23-16-27(38)33(30(17-23)47-8-3)49-21-22-10-12-24(13-11-22)35(42)48-9-4/h10-20,32H,6-9,21H2,1-5H3/b31-18+/t32-/m1/s1. The molecule has 0 amide bonds. The van der Waals surface area contributed by atoms with E-state index in [0.29, 0.717) is 69.9 Å². The summed E-state index contributed by atoms with van der Waals surface area (Å²) in [6, 6.07) is 15.3. The van der Waals surface area contributed by atoms with E-state index < -0.39 is 12.0 Å². The summed E-state index contributed by atoms with van der Waals surface area (Å²) in [6.07, 6.45) is 3.23. The highest BCUT2D eigenvalue weighted by atomic mass is 127. The first-order valence-electron chi connectivity index (χ1n) is 16.1. The molecule has 4 aromatic rings. The molecule has 262 valence electrons. The number of carbonyl (C=O) groups excluding carboxylic acids is 2. The van der Waals surface area contributed by atoms with E-state index in [4.69, 9.17) is 28.4 Å². The van der Waals surface area contributed by atoms with Crippen LogP contribution in [0.25, 0.3) is 6.08 Å². The summed E-state index contributed by atoms with van der Waals surface area (Å²) in [4.78, 5) is 44.0. The van der Waals surface area contributed by atoms with E-state index in [1.807, 2.05) is 51.1 Å². The second-order valence-corrected chi connectivity index (χ2v) is 12.9. The fraction of sp³-hybridized carbons (Fsp3) is 0.297. The van der Waals surface area contributed by atoms with Gasteiger partial charge in [0.15, 0.2) is 27.8 Å².